The number of hydrogen-bond acceptors (Lipinski definition) is 6. The van der Waals surface area contributed by atoms with Gasteiger partial charge in [0, 0.05) is 12.7 Å². The van der Waals surface area contributed by atoms with Crippen LogP contribution in [0.3, 0.4) is 0 Å². The third-order valence-electron chi connectivity index (χ3n) is 7.75. The fourth-order valence-corrected chi connectivity index (χ4v) is 5.52. The number of methoxy groups -OCH3 is 1. The first-order valence-electron chi connectivity index (χ1n) is 13.8. The predicted molar refractivity (Wildman–Crippen MR) is 165 cm³/mol. The standard InChI is InChI=1S/C35H30N2O6/c1-22-30(34(39)37(36(22)2)25-14-8-5-9-15-25)31(32-33(38)26-16-10-11-17-27(26)43-35(32)40)24-18-19-28(29(20-24)41-3)42-21-23-12-6-4-7-13-23/h4-20,31,38H,21H2,1-3H3. The highest BCUT2D eigenvalue weighted by atomic mass is 16.5. The maximum Gasteiger partial charge on any atom is 0.344 e. The van der Waals surface area contributed by atoms with Gasteiger partial charge in [0.05, 0.1) is 35.2 Å². The summed E-state index contributed by atoms with van der Waals surface area (Å²) in [6, 6.07) is 31.0. The summed E-state index contributed by atoms with van der Waals surface area (Å²) in [4.78, 5) is 27.8. The summed E-state index contributed by atoms with van der Waals surface area (Å²) in [6.45, 7) is 2.14. The molecule has 0 radical (unpaired) electrons. The van der Waals surface area contributed by atoms with E-state index in [0.29, 0.717) is 46.0 Å². The molecule has 1 atom stereocenters. The van der Waals surface area contributed by atoms with Crippen molar-refractivity contribution in [2.45, 2.75) is 19.4 Å². The minimum absolute atomic E-state index is 0.0373. The summed E-state index contributed by atoms with van der Waals surface area (Å²) in [5, 5.41) is 11.9. The number of para-hydroxylation sites is 2. The molecule has 0 aliphatic heterocycles. The lowest BCUT2D eigenvalue weighted by Gasteiger charge is -2.20. The highest BCUT2D eigenvalue weighted by molar-refractivity contribution is 5.84. The molecular weight excluding hydrogens is 544 g/mol. The van der Waals surface area contributed by atoms with Crippen LogP contribution in [0.5, 0.6) is 17.2 Å². The Bertz CT molecular complexity index is 2040. The number of aromatic nitrogens is 2. The summed E-state index contributed by atoms with van der Waals surface area (Å²) in [7, 11) is 3.32. The Kier molecular flexibility index (Phi) is 7.34. The van der Waals surface area contributed by atoms with E-state index in [2.05, 4.69) is 0 Å². The highest BCUT2D eigenvalue weighted by Crippen LogP contribution is 2.41. The lowest BCUT2D eigenvalue weighted by molar-refractivity contribution is 0.284. The number of benzene rings is 4. The first-order valence-corrected chi connectivity index (χ1v) is 13.8. The summed E-state index contributed by atoms with van der Waals surface area (Å²) in [5.41, 5.74) is 2.30. The van der Waals surface area contributed by atoms with Crippen molar-refractivity contribution in [2.24, 2.45) is 7.05 Å². The van der Waals surface area contributed by atoms with Crippen molar-refractivity contribution >= 4 is 11.0 Å². The van der Waals surface area contributed by atoms with Crippen LogP contribution in [0, 0.1) is 6.92 Å². The summed E-state index contributed by atoms with van der Waals surface area (Å²) in [6.07, 6.45) is 0. The Morgan fingerprint density at radius 1 is 0.837 bits per heavy atom. The van der Waals surface area contributed by atoms with Crippen molar-refractivity contribution in [3.8, 4) is 22.9 Å². The van der Waals surface area contributed by atoms with Crippen LogP contribution < -0.4 is 20.7 Å². The second-order valence-corrected chi connectivity index (χ2v) is 10.2. The van der Waals surface area contributed by atoms with E-state index in [-0.39, 0.29) is 22.5 Å². The van der Waals surface area contributed by atoms with Gasteiger partial charge in [-0.05, 0) is 54.4 Å². The maximum absolute atomic E-state index is 14.2. The van der Waals surface area contributed by atoms with Gasteiger partial charge in [-0.1, -0.05) is 66.7 Å². The monoisotopic (exact) mass is 574 g/mol. The topological polar surface area (TPSA) is 95.8 Å². The maximum atomic E-state index is 14.2. The number of fused-ring (bicyclic) bond motifs is 1. The zero-order valence-corrected chi connectivity index (χ0v) is 24.0. The minimum atomic E-state index is -0.985. The van der Waals surface area contributed by atoms with Crippen molar-refractivity contribution in [3.05, 3.63) is 152 Å². The molecule has 8 nitrogen and oxygen atoms in total. The van der Waals surface area contributed by atoms with E-state index in [9.17, 15) is 14.7 Å². The van der Waals surface area contributed by atoms with Gasteiger partial charge >= 0.3 is 5.63 Å². The van der Waals surface area contributed by atoms with Gasteiger partial charge in [0.2, 0.25) is 0 Å². The van der Waals surface area contributed by atoms with Gasteiger partial charge in [0.15, 0.2) is 11.5 Å². The molecule has 0 fully saturated rings. The van der Waals surface area contributed by atoms with Crippen molar-refractivity contribution < 1.29 is 19.0 Å². The van der Waals surface area contributed by atoms with Gasteiger partial charge in [-0.2, -0.15) is 0 Å². The first-order chi connectivity index (χ1) is 20.9. The van der Waals surface area contributed by atoms with Crippen molar-refractivity contribution in [3.63, 3.8) is 0 Å². The van der Waals surface area contributed by atoms with E-state index in [0.717, 1.165) is 5.56 Å². The van der Waals surface area contributed by atoms with E-state index < -0.39 is 11.5 Å². The molecule has 0 bridgehead atoms. The largest absolute Gasteiger partial charge is 0.507 e. The zero-order valence-electron chi connectivity index (χ0n) is 24.0. The van der Waals surface area contributed by atoms with Crippen LogP contribution in [0.4, 0.5) is 0 Å². The van der Waals surface area contributed by atoms with Crippen LogP contribution >= 0.6 is 0 Å². The molecule has 2 aromatic heterocycles. The van der Waals surface area contributed by atoms with E-state index in [1.807, 2.05) is 67.6 Å². The zero-order chi connectivity index (χ0) is 30.1. The Morgan fingerprint density at radius 2 is 1.51 bits per heavy atom. The third kappa shape index (κ3) is 4.97. The van der Waals surface area contributed by atoms with Gasteiger partial charge in [-0.3, -0.25) is 9.48 Å². The molecule has 8 heteroatoms. The van der Waals surface area contributed by atoms with Gasteiger partial charge in [-0.25, -0.2) is 9.48 Å². The van der Waals surface area contributed by atoms with E-state index in [1.54, 1.807) is 58.9 Å². The second-order valence-electron chi connectivity index (χ2n) is 10.2. The molecule has 1 N–H and O–H groups in total. The molecule has 43 heavy (non-hydrogen) atoms. The number of nitrogens with zero attached hydrogens (tertiary/aromatic N) is 2. The fraction of sp³-hybridized carbons (Fsp3) is 0.143. The van der Waals surface area contributed by atoms with Gasteiger partial charge in [-0.15, -0.1) is 0 Å². The van der Waals surface area contributed by atoms with Crippen LogP contribution in [-0.2, 0) is 13.7 Å². The summed E-state index contributed by atoms with van der Waals surface area (Å²) >= 11 is 0. The highest BCUT2D eigenvalue weighted by Gasteiger charge is 2.33. The van der Waals surface area contributed by atoms with Gasteiger partial charge < -0.3 is 19.0 Å². The van der Waals surface area contributed by atoms with E-state index in [4.69, 9.17) is 13.9 Å². The number of rotatable bonds is 8. The Hall–Kier alpha value is -5.50. The number of hydrogen-bond donors (Lipinski definition) is 1. The second kappa shape index (κ2) is 11.4. The minimum Gasteiger partial charge on any atom is -0.507 e. The third-order valence-corrected chi connectivity index (χ3v) is 7.75. The van der Waals surface area contributed by atoms with Crippen molar-refractivity contribution in [1.82, 2.24) is 9.36 Å². The van der Waals surface area contributed by atoms with Crippen molar-refractivity contribution in [1.29, 1.82) is 0 Å². The molecule has 6 aromatic rings. The molecule has 0 aliphatic rings. The lowest BCUT2D eigenvalue weighted by Crippen LogP contribution is -2.24. The molecule has 0 spiro atoms. The van der Waals surface area contributed by atoms with Crippen molar-refractivity contribution in [2.75, 3.05) is 7.11 Å². The number of ether oxygens (including phenoxy) is 2. The first kappa shape index (κ1) is 27.7. The fourth-order valence-electron chi connectivity index (χ4n) is 5.52. The van der Waals surface area contributed by atoms with Gasteiger partial charge in [0.25, 0.3) is 5.56 Å². The van der Waals surface area contributed by atoms with E-state index >= 15 is 0 Å². The summed E-state index contributed by atoms with van der Waals surface area (Å²) < 4.78 is 20.7. The van der Waals surface area contributed by atoms with Crippen LogP contribution in [0.15, 0.2) is 117 Å². The molecule has 1 unspecified atom stereocenters. The van der Waals surface area contributed by atoms with Crippen LogP contribution in [0.2, 0.25) is 0 Å². The van der Waals surface area contributed by atoms with Crippen LogP contribution in [0.25, 0.3) is 16.7 Å². The molecule has 4 aromatic carbocycles. The molecule has 2 heterocycles. The Labute approximate surface area is 247 Å². The predicted octanol–water partition coefficient (Wildman–Crippen LogP) is 6.06. The molecule has 216 valence electrons. The molecule has 0 saturated carbocycles. The lowest BCUT2D eigenvalue weighted by atomic mass is 9.84. The van der Waals surface area contributed by atoms with Crippen LogP contribution in [0.1, 0.15) is 33.9 Å². The van der Waals surface area contributed by atoms with E-state index in [1.165, 1.54) is 7.11 Å². The molecule has 6 rings (SSSR count). The number of aromatic hydroxyl groups is 1. The normalized spacial score (nSPS) is 11.9. The SMILES string of the molecule is COc1cc(C(c2c(O)c3ccccc3oc2=O)c2c(C)n(C)n(-c3ccccc3)c2=O)ccc1OCc1ccccc1. The smallest absolute Gasteiger partial charge is 0.344 e. The molecular formula is C35H30N2O6. The average Bonchev–Trinajstić information content (AvgIpc) is 3.25. The van der Waals surface area contributed by atoms with Gasteiger partial charge in [0.1, 0.15) is 17.9 Å². The molecule has 0 amide bonds. The molecule has 0 saturated heterocycles. The van der Waals surface area contributed by atoms with Crippen LogP contribution in [-0.4, -0.2) is 21.6 Å². The quantitative estimate of drug-likeness (QED) is 0.222. The Balaban J connectivity index is 1.57. The Morgan fingerprint density at radius 3 is 2.23 bits per heavy atom. The average molecular weight is 575 g/mol. The summed E-state index contributed by atoms with van der Waals surface area (Å²) in [5.74, 6) is -0.314. The molecule has 0 aliphatic carbocycles.